The number of aromatic nitrogens is 5. The summed E-state index contributed by atoms with van der Waals surface area (Å²) < 4.78 is 2.69. The van der Waals surface area contributed by atoms with Crippen molar-refractivity contribution >= 4 is 33.2 Å². The van der Waals surface area contributed by atoms with E-state index in [4.69, 9.17) is 11.6 Å². The number of nitrogens with zero attached hydrogens (tertiary/aromatic N) is 5. The normalized spacial score (nSPS) is 11.2. The van der Waals surface area contributed by atoms with Crippen molar-refractivity contribution in [3.63, 3.8) is 0 Å². The van der Waals surface area contributed by atoms with E-state index in [-0.39, 0.29) is 12.2 Å². The maximum absolute atomic E-state index is 11.6. The Labute approximate surface area is 110 Å². The molecule has 3 rings (SSSR count). The van der Waals surface area contributed by atoms with E-state index in [1.165, 1.54) is 26.9 Å². The summed E-state index contributed by atoms with van der Waals surface area (Å²) in [6.45, 7) is 0.216. The van der Waals surface area contributed by atoms with Crippen molar-refractivity contribution in [2.75, 3.05) is 0 Å². The van der Waals surface area contributed by atoms with Crippen LogP contribution < -0.4 is 5.69 Å². The van der Waals surface area contributed by atoms with Crippen LogP contribution in [0.5, 0.6) is 0 Å². The molecule has 0 fully saturated rings. The zero-order chi connectivity index (χ0) is 12.7. The van der Waals surface area contributed by atoms with Crippen LogP contribution in [0.4, 0.5) is 0 Å². The van der Waals surface area contributed by atoms with Crippen LogP contribution in [-0.2, 0) is 13.6 Å². The van der Waals surface area contributed by atoms with Crippen molar-refractivity contribution in [2.45, 2.75) is 6.54 Å². The molecule has 0 radical (unpaired) electrons. The summed E-state index contributed by atoms with van der Waals surface area (Å²) in [5.41, 5.74) is -0.207. The molecule has 0 unspecified atom stereocenters. The van der Waals surface area contributed by atoms with Crippen LogP contribution in [-0.4, -0.2) is 24.3 Å². The number of rotatable bonds is 2. The van der Waals surface area contributed by atoms with Gasteiger partial charge in [0, 0.05) is 12.4 Å². The Balaban J connectivity index is 2.05. The van der Waals surface area contributed by atoms with Crippen molar-refractivity contribution in [3.8, 4) is 0 Å². The molecule has 0 aliphatic heterocycles. The molecule has 18 heavy (non-hydrogen) atoms. The Kier molecular flexibility index (Phi) is 2.64. The zero-order valence-electron chi connectivity index (χ0n) is 9.37. The van der Waals surface area contributed by atoms with Gasteiger partial charge in [-0.1, -0.05) is 11.6 Å². The first-order chi connectivity index (χ1) is 8.65. The number of fused-ring (bicyclic) bond motifs is 1. The lowest BCUT2D eigenvalue weighted by Gasteiger charge is -2.00. The third kappa shape index (κ3) is 1.81. The van der Waals surface area contributed by atoms with Gasteiger partial charge in [0.25, 0.3) is 0 Å². The first kappa shape index (κ1) is 11.4. The molecule has 0 saturated carbocycles. The molecule has 3 aromatic heterocycles. The number of hydrogen-bond donors (Lipinski definition) is 0. The topological polar surface area (TPSA) is 65.6 Å². The van der Waals surface area contributed by atoms with Crippen molar-refractivity contribution < 1.29 is 0 Å². The second-order valence-electron chi connectivity index (χ2n) is 3.75. The van der Waals surface area contributed by atoms with E-state index < -0.39 is 0 Å². The molecular weight excluding hydrogens is 274 g/mol. The summed E-state index contributed by atoms with van der Waals surface area (Å²) in [6.07, 6.45) is 1.45. The predicted molar refractivity (Wildman–Crippen MR) is 69.0 cm³/mol. The molecule has 0 aromatic carbocycles. The molecule has 0 atom stereocenters. The van der Waals surface area contributed by atoms with Crippen molar-refractivity contribution in [3.05, 3.63) is 39.2 Å². The fourth-order valence-electron chi connectivity index (χ4n) is 1.59. The average molecular weight is 282 g/mol. The van der Waals surface area contributed by atoms with E-state index in [9.17, 15) is 4.79 Å². The molecular formula is C10H8ClN5OS. The Morgan fingerprint density at radius 1 is 1.44 bits per heavy atom. The highest BCUT2D eigenvalue weighted by Gasteiger charge is 2.09. The number of aryl methyl sites for hydroxylation is 1. The molecule has 8 heteroatoms. The van der Waals surface area contributed by atoms with Gasteiger partial charge < -0.3 is 0 Å². The average Bonchev–Trinajstić information content (AvgIpc) is 2.91. The highest BCUT2D eigenvalue weighted by Crippen LogP contribution is 2.24. The molecule has 3 heterocycles. The van der Waals surface area contributed by atoms with E-state index >= 15 is 0 Å². The molecule has 0 N–H and O–H groups in total. The fourth-order valence-corrected chi connectivity index (χ4v) is 2.68. The van der Waals surface area contributed by atoms with E-state index in [2.05, 4.69) is 15.1 Å². The molecule has 3 aromatic rings. The maximum Gasteiger partial charge on any atom is 0.345 e. The molecule has 0 saturated heterocycles. The SMILES string of the molecule is Cn1cnn(Cc2nc(Cl)c3ccsc3n2)c1=O. The first-order valence-electron chi connectivity index (χ1n) is 5.13. The number of thiophene rings is 1. The summed E-state index contributed by atoms with van der Waals surface area (Å²) in [5.74, 6) is 0.482. The number of halogens is 1. The second kappa shape index (κ2) is 4.18. The van der Waals surface area contributed by atoms with Gasteiger partial charge in [0.05, 0.1) is 0 Å². The largest absolute Gasteiger partial charge is 0.345 e. The smallest absolute Gasteiger partial charge is 0.285 e. The lowest BCUT2D eigenvalue weighted by molar-refractivity contribution is 0.624. The minimum absolute atomic E-state index is 0.207. The van der Waals surface area contributed by atoms with Crippen molar-refractivity contribution in [1.82, 2.24) is 24.3 Å². The van der Waals surface area contributed by atoms with Gasteiger partial charge in [-0.05, 0) is 11.4 Å². The van der Waals surface area contributed by atoms with Crippen LogP contribution >= 0.6 is 22.9 Å². The van der Waals surface area contributed by atoms with E-state index in [0.717, 1.165) is 10.2 Å². The minimum Gasteiger partial charge on any atom is -0.285 e. The summed E-state index contributed by atoms with van der Waals surface area (Å²) in [7, 11) is 1.64. The number of hydrogen-bond acceptors (Lipinski definition) is 5. The van der Waals surface area contributed by atoms with E-state index in [1.54, 1.807) is 7.05 Å². The van der Waals surface area contributed by atoms with Crippen LogP contribution in [0.2, 0.25) is 5.15 Å². The van der Waals surface area contributed by atoms with E-state index in [0.29, 0.717) is 11.0 Å². The zero-order valence-corrected chi connectivity index (χ0v) is 10.9. The van der Waals surface area contributed by atoms with Crippen molar-refractivity contribution in [2.24, 2.45) is 7.05 Å². The Morgan fingerprint density at radius 2 is 2.28 bits per heavy atom. The van der Waals surface area contributed by atoms with Gasteiger partial charge >= 0.3 is 5.69 Å². The molecule has 0 bridgehead atoms. The van der Waals surface area contributed by atoms with Crippen LogP contribution in [0.25, 0.3) is 10.2 Å². The third-order valence-electron chi connectivity index (χ3n) is 2.50. The van der Waals surface area contributed by atoms with Gasteiger partial charge in [-0.2, -0.15) is 5.10 Å². The van der Waals surface area contributed by atoms with Crippen LogP contribution in [0.3, 0.4) is 0 Å². The van der Waals surface area contributed by atoms with Crippen LogP contribution in [0, 0.1) is 0 Å². The standard InChI is InChI=1S/C10H8ClN5OS/c1-15-5-12-16(10(15)17)4-7-13-8(11)6-2-3-18-9(6)14-7/h2-3,5H,4H2,1H3. The first-order valence-corrected chi connectivity index (χ1v) is 6.39. The molecule has 0 aliphatic rings. The Bertz CT molecular complexity index is 774. The Morgan fingerprint density at radius 3 is 3.00 bits per heavy atom. The van der Waals surface area contributed by atoms with Gasteiger partial charge in [0.15, 0.2) is 5.82 Å². The van der Waals surface area contributed by atoms with Gasteiger partial charge in [0.2, 0.25) is 0 Å². The molecule has 6 nitrogen and oxygen atoms in total. The van der Waals surface area contributed by atoms with Crippen LogP contribution in [0.1, 0.15) is 5.82 Å². The predicted octanol–water partition coefficient (Wildman–Crippen LogP) is 1.29. The maximum atomic E-state index is 11.6. The highest BCUT2D eigenvalue weighted by molar-refractivity contribution is 7.16. The van der Waals surface area contributed by atoms with Gasteiger partial charge in [0.1, 0.15) is 22.9 Å². The highest BCUT2D eigenvalue weighted by atomic mass is 35.5. The van der Waals surface area contributed by atoms with Crippen molar-refractivity contribution in [1.29, 1.82) is 0 Å². The second-order valence-corrected chi connectivity index (χ2v) is 5.00. The Hall–Kier alpha value is -1.73. The quantitative estimate of drug-likeness (QED) is 0.664. The molecule has 0 amide bonds. The fraction of sp³-hybridized carbons (Fsp3) is 0.200. The molecule has 0 spiro atoms. The van der Waals surface area contributed by atoms with Crippen LogP contribution in [0.15, 0.2) is 22.6 Å². The third-order valence-corrected chi connectivity index (χ3v) is 3.60. The lowest BCUT2D eigenvalue weighted by atomic mass is 10.4. The minimum atomic E-state index is -0.207. The summed E-state index contributed by atoms with van der Waals surface area (Å²) >= 11 is 7.54. The summed E-state index contributed by atoms with van der Waals surface area (Å²) in [5, 5.41) is 7.10. The molecule has 92 valence electrons. The summed E-state index contributed by atoms with van der Waals surface area (Å²) in [6, 6.07) is 1.87. The van der Waals surface area contributed by atoms with Gasteiger partial charge in [-0.25, -0.2) is 19.4 Å². The summed E-state index contributed by atoms with van der Waals surface area (Å²) in [4.78, 5) is 21.0. The monoisotopic (exact) mass is 281 g/mol. The molecule has 0 aliphatic carbocycles. The van der Waals surface area contributed by atoms with E-state index in [1.807, 2.05) is 11.4 Å². The lowest BCUT2D eigenvalue weighted by Crippen LogP contribution is -2.24. The van der Waals surface area contributed by atoms with Gasteiger partial charge in [-0.3, -0.25) is 4.57 Å². The van der Waals surface area contributed by atoms with Gasteiger partial charge in [-0.15, -0.1) is 11.3 Å².